The molecule has 0 bridgehead atoms. The maximum Gasteiger partial charge on any atom is 0.319 e. The van der Waals surface area contributed by atoms with Crippen molar-refractivity contribution in [1.82, 2.24) is 5.32 Å². The summed E-state index contributed by atoms with van der Waals surface area (Å²) in [5.74, 6) is 0.771. The molecule has 2 aromatic rings. The van der Waals surface area contributed by atoms with Crippen molar-refractivity contribution in [3.8, 4) is 5.75 Å². The molecule has 2 rings (SSSR count). The van der Waals surface area contributed by atoms with E-state index in [1.54, 1.807) is 13.8 Å². The summed E-state index contributed by atoms with van der Waals surface area (Å²) in [5, 5.41) is 14.7. The lowest BCUT2D eigenvalue weighted by Gasteiger charge is -2.24. The molecule has 0 aliphatic carbocycles. The van der Waals surface area contributed by atoms with Crippen molar-refractivity contribution in [2.45, 2.75) is 26.0 Å². The van der Waals surface area contributed by atoms with Gasteiger partial charge < -0.3 is 20.5 Å². The highest BCUT2D eigenvalue weighted by molar-refractivity contribution is 5.90. The van der Waals surface area contributed by atoms with Gasteiger partial charge in [-0.2, -0.15) is 0 Å². The number of amides is 2. The molecule has 0 atom stereocenters. The Kier molecular flexibility index (Phi) is 5.60. The average Bonchev–Trinajstić information content (AvgIpc) is 2.54. The van der Waals surface area contributed by atoms with Gasteiger partial charge >= 0.3 is 6.03 Å². The molecule has 0 fully saturated rings. The first kappa shape index (κ1) is 16.8. The predicted octanol–water partition coefficient (Wildman–Crippen LogP) is 3.16. The van der Waals surface area contributed by atoms with Crippen LogP contribution in [0.15, 0.2) is 54.6 Å². The molecular formula is C18H22N2O3. The minimum Gasteiger partial charge on any atom is -0.489 e. The third-order valence-corrected chi connectivity index (χ3v) is 3.25. The summed E-state index contributed by atoms with van der Waals surface area (Å²) in [7, 11) is 0. The zero-order valence-electron chi connectivity index (χ0n) is 13.4. The summed E-state index contributed by atoms with van der Waals surface area (Å²) in [6.45, 7) is 3.71. The highest BCUT2D eigenvalue weighted by Gasteiger charge is 2.19. The van der Waals surface area contributed by atoms with E-state index >= 15 is 0 Å². The fraction of sp³-hybridized carbons (Fsp3) is 0.278. The predicted molar refractivity (Wildman–Crippen MR) is 90.5 cm³/mol. The Hall–Kier alpha value is -2.53. The number of carbonyl (C=O) groups excluding carboxylic acids is 1. The lowest BCUT2D eigenvalue weighted by Crippen LogP contribution is -2.48. The largest absolute Gasteiger partial charge is 0.489 e. The molecule has 2 amide bonds. The number of benzene rings is 2. The Bertz CT molecular complexity index is 642. The average molecular weight is 314 g/mol. The third kappa shape index (κ3) is 5.30. The first-order valence-corrected chi connectivity index (χ1v) is 7.46. The van der Waals surface area contributed by atoms with E-state index in [0.29, 0.717) is 12.3 Å². The van der Waals surface area contributed by atoms with Crippen LogP contribution in [0.5, 0.6) is 5.75 Å². The van der Waals surface area contributed by atoms with Crippen LogP contribution in [0, 0.1) is 0 Å². The number of anilines is 1. The number of urea groups is 1. The summed E-state index contributed by atoms with van der Waals surface area (Å²) in [6, 6.07) is 16.6. The maximum absolute atomic E-state index is 12.0. The molecule has 0 heterocycles. The second-order valence-corrected chi connectivity index (χ2v) is 5.88. The maximum atomic E-state index is 12.0. The van der Waals surface area contributed by atoms with Crippen LogP contribution in [0.3, 0.4) is 0 Å². The van der Waals surface area contributed by atoms with Crippen LogP contribution in [0.4, 0.5) is 10.5 Å². The Balaban J connectivity index is 2.01. The summed E-state index contributed by atoms with van der Waals surface area (Å²) in [4.78, 5) is 12.0. The second kappa shape index (κ2) is 7.65. The number of ether oxygens (including phenoxy) is 1. The number of carbonyl (C=O) groups is 1. The first-order chi connectivity index (χ1) is 11.0. The Morgan fingerprint density at radius 2 is 1.74 bits per heavy atom. The number of nitrogens with one attached hydrogen (secondary N) is 2. The van der Waals surface area contributed by atoms with Crippen LogP contribution in [-0.4, -0.2) is 23.3 Å². The molecule has 0 aromatic heterocycles. The van der Waals surface area contributed by atoms with Crippen LogP contribution in [0.1, 0.15) is 19.4 Å². The molecule has 0 saturated heterocycles. The molecule has 2 aromatic carbocycles. The van der Waals surface area contributed by atoms with Crippen molar-refractivity contribution in [3.05, 3.63) is 60.2 Å². The van der Waals surface area contributed by atoms with Crippen LogP contribution < -0.4 is 15.4 Å². The van der Waals surface area contributed by atoms with Crippen LogP contribution in [0.25, 0.3) is 0 Å². The fourth-order valence-electron chi connectivity index (χ4n) is 1.95. The molecule has 3 N–H and O–H groups in total. The Labute approximate surface area is 136 Å². The van der Waals surface area contributed by atoms with Crippen molar-refractivity contribution in [2.24, 2.45) is 0 Å². The summed E-state index contributed by atoms with van der Waals surface area (Å²) < 4.78 is 5.72. The normalized spacial score (nSPS) is 10.9. The number of aliphatic hydroxyl groups is 1. The lowest BCUT2D eigenvalue weighted by molar-refractivity contribution is 0.187. The molecule has 23 heavy (non-hydrogen) atoms. The molecular weight excluding hydrogens is 292 g/mol. The number of hydrogen-bond acceptors (Lipinski definition) is 3. The molecule has 0 spiro atoms. The van der Waals surface area contributed by atoms with Crippen molar-refractivity contribution >= 4 is 11.7 Å². The van der Waals surface area contributed by atoms with E-state index < -0.39 is 5.54 Å². The molecule has 0 radical (unpaired) electrons. The van der Waals surface area contributed by atoms with Gasteiger partial charge in [-0.3, -0.25) is 0 Å². The van der Waals surface area contributed by atoms with E-state index in [1.165, 1.54) is 0 Å². The van der Waals surface area contributed by atoms with E-state index in [1.807, 2.05) is 54.6 Å². The van der Waals surface area contributed by atoms with Gasteiger partial charge in [-0.05, 0) is 32.0 Å². The van der Waals surface area contributed by atoms with Crippen molar-refractivity contribution in [3.63, 3.8) is 0 Å². The molecule has 5 nitrogen and oxygen atoms in total. The standard InChI is InChI=1S/C18H22N2O3/c1-18(2,13-21)20-17(22)19-16-11-7-6-8-14(16)12-23-15-9-4-3-5-10-15/h3-11,21H,12-13H2,1-2H3,(H2,19,20,22). The minimum atomic E-state index is -0.681. The number of rotatable bonds is 6. The summed E-state index contributed by atoms with van der Waals surface area (Å²) in [6.07, 6.45) is 0. The third-order valence-electron chi connectivity index (χ3n) is 3.25. The highest BCUT2D eigenvalue weighted by Crippen LogP contribution is 2.18. The summed E-state index contributed by atoms with van der Waals surface area (Å²) in [5.41, 5.74) is 0.863. The van der Waals surface area contributed by atoms with E-state index in [-0.39, 0.29) is 12.6 Å². The van der Waals surface area contributed by atoms with Gasteiger partial charge in [0.05, 0.1) is 12.1 Å². The monoisotopic (exact) mass is 314 g/mol. The van der Waals surface area contributed by atoms with Gasteiger partial charge in [0.25, 0.3) is 0 Å². The second-order valence-electron chi connectivity index (χ2n) is 5.88. The quantitative estimate of drug-likeness (QED) is 0.767. The number of aliphatic hydroxyl groups excluding tert-OH is 1. The first-order valence-electron chi connectivity index (χ1n) is 7.46. The van der Waals surface area contributed by atoms with Crippen LogP contribution >= 0.6 is 0 Å². The van der Waals surface area contributed by atoms with Crippen LogP contribution in [-0.2, 0) is 6.61 Å². The number of hydrogen-bond donors (Lipinski definition) is 3. The van der Waals surface area contributed by atoms with E-state index in [4.69, 9.17) is 4.74 Å². The van der Waals surface area contributed by atoms with Gasteiger partial charge in [-0.25, -0.2) is 4.79 Å². The molecule has 5 heteroatoms. The van der Waals surface area contributed by atoms with E-state index in [9.17, 15) is 9.90 Å². The lowest BCUT2D eigenvalue weighted by atomic mass is 10.1. The van der Waals surface area contributed by atoms with Gasteiger partial charge in [0, 0.05) is 11.3 Å². The fourth-order valence-corrected chi connectivity index (χ4v) is 1.95. The Morgan fingerprint density at radius 1 is 1.09 bits per heavy atom. The molecule has 0 saturated carbocycles. The van der Waals surface area contributed by atoms with E-state index in [2.05, 4.69) is 10.6 Å². The smallest absolute Gasteiger partial charge is 0.319 e. The minimum absolute atomic E-state index is 0.140. The number of para-hydroxylation sites is 2. The van der Waals surface area contributed by atoms with E-state index in [0.717, 1.165) is 11.3 Å². The van der Waals surface area contributed by atoms with Crippen LogP contribution in [0.2, 0.25) is 0 Å². The molecule has 0 aliphatic heterocycles. The Morgan fingerprint density at radius 3 is 2.43 bits per heavy atom. The summed E-state index contributed by atoms with van der Waals surface area (Å²) >= 11 is 0. The zero-order valence-corrected chi connectivity index (χ0v) is 13.4. The van der Waals surface area contributed by atoms with Gasteiger partial charge in [-0.15, -0.1) is 0 Å². The van der Waals surface area contributed by atoms with Crippen molar-refractivity contribution < 1.29 is 14.6 Å². The SMILES string of the molecule is CC(C)(CO)NC(=O)Nc1ccccc1COc1ccccc1. The van der Waals surface area contributed by atoms with Gasteiger partial charge in [0.15, 0.2) is 0 Å². The molecule has 122 valence electrons. The van der Waals surface area contributed by atoms with Gasteiger partial charge in [0.2, 0.25) is 0 Å². The van der Waals surface area contributed by atoms with Crippen molar-refractivity contribution in [2.75, 3.05) is 11.9 Å². The topological polar surface area (TPSA) is 70.6 Å². The molecule has 0 aliphatic rings. The van der Waals surface area contributed by atoms with Crippen molar-refractivity contribution in [1.29, 1.82) is 0 Å². The highest BCUT2D eigenvalue weighted by atomic mass is 16.5. The molecule has 0 unspecified atom stereocenters. The van der Waals surface area contributed by atoms with Gasteiger partial charge in [0.1, 0.15) is 12.4 Å². The van der Waals surface area contributed by atoms with Gasteiger partial charge in [-0.1, -0.05) is 36.4 Å². The zero-order chi connectivity index (χ0) is 16.7.